The molecule has 0 bridgehead atoms. The Hall–Kier alpha value is -3.10. The molecule has 3 aromatic rings. The highest BCUT2D eigenvalue weighted by molar-refractivity contribution is 7.92. The Morgan fingerprint density at radius 3 is 2.30 bits per heavy atom. The molecular formula is C21H18ClFN2O4S. The summed E-state index contributed by atoms with van der Waals surface area (Å²) in [6, 6.07) is 17.5. The highest BCUT2D eigenvalue weighted by atomic mass is 35.5. The Kier molecular flexibility index (Phi) is 6.91. The van der Waals surface area contributed by atoms with Crippen LogP contribution in [0.3, 0.4) is 0 Å². The fourth-order valence-corrected chi connectivity index (χ4v) is 3.82. The van der Waals surface area contributed by atoms with Crippen LogP contribution in [-0.4, -0.2) is 27.5 Å². The van der Waals surface area contributed by atoms with Crippen molar-refractivity contribution in [2.75, 3.05) is 17.9 Å². The number of benzene rings is 3. The van der Waals surface area contributed by atoms with E-state index in [1.54, 1.807) is 24.3 Å². The summed E-state index contributed by atoms with van der Waals surface area (Å²) in [5.41, 5.74) is 0.565. The zero-order valence-electron chi connectivity index (χ0n) is 15.6. The first-order chi connectivity index (χ1) is 14.3. The number of hydrogen-bond acceptors (Lipinski definition) is 4. The molecule has 0 spiro atoms. The van der Waals surface area contributed by atoms with Gasteiger partial charge in [-0.05, 0) is 60.7 Å². The van der Waals surface area contributed by atoms with Gasteiger partial charge < -0.3 is 10.1 Å². The molecule has 6 nitrogen and oxygen atoms in total. The van der Waals surface area contributed by atoms with Crippen molar-refractivity contribution in [2.24, 2.45) is 0 Å². The fraction of sp³-hybridized carbons (Fsp3) is 0.0952. The van der Waals surface area contributed by atoms with E-state index in [1.165, 1.54) is 48.5 Å². The van der Waals surface area contributed by atoms with E-state index in [0.717, 1.165) is 0 Å². The zero-order valence-corrected chi connectivity index (χ0v) is 17.2. The minimum Gasteiger partial charge on any atom is -0.492 e. The summed E-state index contributed by atoms with van der Waals surface area (Å²) in [5.74, 6) is -0.241. The largest absolute Gasteiger partial charge is 0.492 e. The first-order valence-electron chi connectivity index (χ1n) is 8.89. The van der Waals surface area contributed by atoms with E-state index in [4.69, 9.17) is 16.3 Å². The maximum absolute atomic E-state index is 12.8. The van der Waals surface area contributed by atoms with E-state index in [0.29, 0.717) is 11.3 Å². The maximum atomic E-state index is 12.8. The van der Waals surface area contributed by atoms with Crippen molar-refractivity contribution in [3.8, 4) is 5.75 Å². The number of carbonyl (C=O) groups excluding carboxylic acids is 1. The maximum Gasteiger partial charge on any atom is 0.261 e. The predicted molar refractivity (Wildman–Crippen MR) is 113 cm³/mol. The summed E-state index contributed by atoms with van der Waals surface area (Å²) in [5, 5.41) is 2.94. The number of para-hydroxylation sites is 1. The van der Waals surface area contributed by atoms with Crippen molar-refractivity contribution < 1.29 is 22.3 Å². The van der Waals surface area contributed by atoms with Gasteiger partial charge >= 0.3 is 0 Å². The molecule has 1 amide bonds. The predicted octanol–water partition coefficient (Wildman–Crippen LogP) is 4.09. The summed E-state index contributed by atoms with van der Waals surface area (Å²) in [7, 11) is -3.85. The van der Waals surface area contributed by atoms with Crippen molar-refractivity contribution in [3.63, 3.8) is 0 Å². The Labute approximate surface area is 178 Å². The average Bonchev–Trinajstić information content (AvgIpc) is 2.74. The third-order valence-electron chi connectivity index (χ3n) is 4.01. The summed E-state index contributed by atoms with van der Waals surface area (Å²) < 4.78 is 45.6. The van der Waals surface area contributed by atoms with Crippen LogP contribution in [0.15, 0.2) is 77.7 Å². The van der Waals surface area contributed by atoms with Gasteiger partial charge in [0, 0.05) is 5.56 Å². The molecule has 0 fully saturated rings. The van der Waals surface area contributed by atoms with Crippen LogP contribution in [0.25, 0.3) is 0 Å². The van der Waals surface area contributed by atoms with Crippen LogP contribution in [0, 0.1) is 5.82 Å². The minimum atomic E-state index is -3.85. The molecule has 30 heavy (non-hydrogen) atoms. The summed E-state index contributed by atoms with van der Waals surface area (Å²) in [4.78, 5) is 12.2. The molecule has 3 rings (SSSR count). The van der Waals surface area contributed by atoms with Gasteiger partial charge in [0.25, 0.3) is 15.9 Å². The standard InChI is InChI=1S/C21H18ClFN2O4S/c22-19-3-1-2-4-20(19)25-30(27,28)18-11-5-15(6-12-18)21(26)24-13-14-29-17-9-7-16(23)8-10-17/h1-12,25H,13-14H2,(H,24,26). The molecule has 0 aromatic heterocycles. The second-order valence-corrected chi connectivity index (χ2v) is 8.26. The van der Waals surface area contributed by atoms with Gasteiger partial charge in [-0.1, -0.05) is 23.7 Å². The number of amides is 1. The number of carbonyl (C=O) groups is 1. The van der Waals surface area contributed by atoms with Crippen LogP contribution in [0.5, 0.6) is 5.75 Å². The van der Waals surface area contributed by atoms with Gasteiger partial charge in [0.05, 0.1) is 22.2 Å². The molecule has 156 valence electrons. The summed E-state index contributed by atoms with van der Waals surface area (Å²) in [6.45, 7) is 0.426. The monoisotopic (exact) mass is 448 g/mol. The third kappa shape index (κ3) is 5.71. The molecule has 0 unspecified atom stereocenters. The Balaban J connectivity index is 1.54. The zero-order chi connectivity index (χ0) is 21.6. The Bertz CT molecular complexity index is 1120. The van der Waals surface area contributed by atoms with Gasteiger partial charge in [-0.15, -0.1) is 0 Å². The fourth-order valence-electron chi connectivity index (χ4n) is 2.50. The SMILES string of the molecule is O=C(NCCOc1ccc(F)cc1)c1ccc(S(=O)(=O)Nc2ccccc2Cl)cc1. The van der Waals surface area contributed by atoms with Crippen molar-refractivity contribution in [1.82, 2.24) is 5.32 Å². The van der Waals surface area contributed by atoms with Crippen molar-refractivity contribution in [1.29, 1.82) is 0 Å². The van der Waals surface area contributed by atoms with Crippen LogP contribution in [-0.2, 0) is 10.0 Å². The summed E-state index contributed by atoms with van der Waals surface area (Å²) in [6.07, 6.45) is 0. The lowest BCUT2D eigenvalue weighted by Crippen LogP contribution is -2.28. The number of halogens is 2. The molecule has 0 aliphatic heterocycles. The lowest BCUT2D eigenvalue weighted by Gasteiger charge is -2.10. The molecular weight excluding hydrogens is 431 g/mol. The van der Waals surface area contributed by atoms with E-state index in [1.807, 2.05) is 0 Å². The number of nitrogens with one attached hydrogen (secondary N) is 2. The van der Waals surface area contributed by atoms with E-state index in [9.17, 15) is 17.6 Å². The second-order valence-electron chi connectivity index (χ2n) is 6.17. The van der Waals surface area contributed by atoms with Crippen LogP contribution >= 0.6 is 11.6 Å². The molecule has 9 heteroatoms. The van der Waals surface area contributed by atoms with E-state index >= 15 is 0 Å². The highest BCUT2D eigenvalue weighted by Gasteiger charge is 2.16. The van der Waals surface area contributed by atoms with E-state index < -0.39 is 10.0 Å². The van der Waals surface area contributed by atoms with Crippen LogP contribution in [0.4, 0.5) is 10.1 Å². The van der Waals surface area contributed by atoms with E-state index in [2.05, 4.69) is 10.0 Å². The molecule has 0 saturated carbocycles. The molecule has 0 saturated heterocycles. The first-order valence-corrected chi connectivity index (χ1v) is 10.8. The number of ether oxygens (including phenoxy) is 1. The van der Waals surface area contributed by atoms with Gasteiger partial charge in [-0.3, -0.25) is 9.52 Å². The van der Waals surface area contributed by atoms with E-state index in [-0.39, 0.29) is 40.5 Å². The lowest BCUT2D eigenvalue weighted by molar-refractivity contribution is 0.0947. The Morgan fingerprint density at radius 2 is 1.63 bits per heavy atom. The normalized spacial score (nSPS) is 11.0. The third-order valence-corrected chi connectivity index (χ3v) is 5.73. The number of rotatable bonds is 8. The smallest absolute Gasteiger partial charge is 0.261 e. The molecule has 0 heterocycles. The Morgan fingerprint density at radius 1 is 0.967 bits per heavy atom. The summed E-state index contributed by atoms with van der Waals surface area (Å²) >= 11 is 5.98. The highest BCUT2D eigenvalue weighted by Crippen LogP contribution is 2.24. The first kappa shape index (κ1) is 21.6. The van der Waals surface area contributed by atoms with Crippen molar-refractivity contribution in [2.45, 2.75) is 4.90 Å². The van der Waals surface area contributed by atoms with Crippen molar-refractivity contribution in [3.05, 3.63) is 89.2 Å². The molecule has 0 atom stereocenters. The lowest BCUT2D eigenvalue weighted by atomic mass is 10.2. The van der Waals surface area contributed by atoms with Crippen LogP contribution in [0.2, 0.25) is 5.02 Å². The van der Waals surface area contributed by atoms with Gasteiger partial charge in [0.1, 0.15) is 18.2 Å². The number of sulfonamides is 1. The molecule has 0 radical (unpaired) electrons. The number of hydrogen-bond donors (Lipinski definition) is 2. The average molecular weight is 449 g/mol. The molecule has 0 aliphatic rings. The number of anilines is 1. The van der Waals surface area contributed by atoms with Gasteiger partial charge in [0.15, 0.2) is 0 Å². The quantitative estimate of drug-likeness (QED) is 0.508. The van der Waals surface area contributed by atoms with Crippen LogP contribution in [0.1, 0.15) is 10.4 Å². The van der Waals surface area contributed by atoms with Crippen molar-refractivity contribution >= 4 is 33.2 Å². The van der Waals surface area contributed by atoms with Gasteiger partial charge in [-0.25, -0.2) is 12.8 Å². The topological polar surface area (TPSA) is 84.5 Å². The second kappa shape index (κ2) is 9.60. The molecule has 0 aliphatic carbocycles. The van der Waals surface area contributed by atoms with Gasteiger partial charge in [-0.2, -0.15) is 0 Å². The molecule has 3 aromatic carbocycles. The van der Waals surface area contributed by atoms with Crippen LogP contribution < -0.4 is 14.8 Å². The van der Waals surface area contributed by atoms with Gasteiger partial charge in [0.2, 0.25) is 0 Å². The minimum absolute atomic E-state index is 0.00128. The molecule has 2 N–H and O–H groups in total.